The molecule has 0 aliphatic rings. The molecule has 0 fully saturated rings. The van der Waals surface area contributed by atoms with Crippen LogP contribution in [0.25, 0.3) is 21.9 Å². The van der Waals surface area contributed by atoms with Gasteiger partial charge in [0.05, 0.1) is 45.0 Å². The summed E-state index contributed by atoms with van der Waals surface area (Å²) in [6.07, 6.45) is 3.46. The van der Waals surface area contributed by atoms with E-state index in [0.29, 0.717) is 30.1 Å². The molecule has 8 nitrogen and oxygen atoms in total. The second-order valence-corrected chi connectivity index (χ2v) is 26.6. The summed E-state index contributed by atoms with van der Waals surface area (Å²) in [5.41, 5.74) is 11.8. The van der Waals surface area contributed by atoms with E-state index < -0.39 is 24.7 Å². The number of carbonyl (C=O) groups excluding carboxylic acids is 4. The summed E-state index contributed by atoms with van der Waals surface area (Å²) in [4.78, 5) is 42.3. The topological polar surface area (TPSA) is 105 Å². The van der Waals surface area contributed by atoms with E-state index >= 15 is 0 Å². The zero-order valence-electron chi connectivity index (χ0n) is 62.7. The van der Waals surface area contributed by atoms with E-state index in [1.54, 1.807) is 6.92 Å². The minimum absolute atomic E-state index is 0. The number of ether oxygens (including phenoxy) is 4. The molecule has 0 aromatic heterocycles. The lowest BCUT2D eigenvalue weighted by Gasteiger charge is -2.20. The van der Waals surface area contributed by atoms with Gasteiger partial charge in [0.2, 0.25) is 0 Å². The predicted molar refractivity (Wildman–Crippen MR) is 419 cm³/mol. The maximum atomic E-state index is 11.5. The van der Waals surface area contributed by atoms with Gasteiger partial charge in [-0.05, 0) is 141 Å². The van der Waals surface area contributed by atoms with Gasteiger partial charge in [0.25, 0.3) is 0 Å². The summed E-state index contributed by atoms with van der Waals surface area (Å²) < 4.78 is 51.9. The summed E-state index contributed by atoms with van der Waals surface area (Å²) in [6, 6.07) is 52.9. The minimum atomic E-state index is -4.43. The Labute approximate surface area is 598 Å². The van der Waals surface area contributed by atoms with Crippen LogP contribution in [0.3, 0.4) is 0 Å². The lowest BCUT2D eigenvalue weighted by atomic mass is 9.85. The van der Waals surface area contributed by atoms with E-state index in [9.17, 15) is 32.3 Å². The summed E-state index contributed by atoms with van der Waals surface area (Å²) in [5, 5.41) is 2.69. The zero-order chi connectivity index (χ0) is 72.4. The van der Waals surface area contributed by atoms with Crippen molar-refractivity contribution in [1.82, 2.24) is 0 Å². The number of rotatable bonds is 18. The molecule has 11 heteroatoms. The highest BCUT2D eigenvalue weighted by Gasteiger charge is 2.30. The van der Waals surface area contributed by atoms with Gasteiger partial charge in [-0.3, -0.25) is 19.2 Å². The van der Waals surface area contributed by atoms with Crippen LogP contribution < -0.4 is 0 Å². The highest BCUT2D eigenvalue weighted by atomic mass is 19.4. The van der Waals surface area contributed by atoms with Gasteiger partial charge in [-0.2, -0.15) is 13.2 Å². The first-order chi connectivity index (χ1) is 44.0. The molecule has 6 aromatic rings. The number of hydrogen-bond donors (Lipinski definition) is 0. The van der Waals surface area contributed by atoms with Crippen molar-refractivity contribution in [3.05, 3.63) is 179 Å². The SMILES string of the molecule is C.C.C.C.CCC(C)C(=O)OC.CCC(C)C(=O)OC.CCC(C)C(=O)OC.CCC(C)C(=O)OCC(F)(F)F.CCC(C)c1ccc(-c2ccccc2)cc1.CCC(C)c1ccc(C(C)(C)C)cc1.CCC(C)c1ccc(C(C)(C)C)cc1.CCC(C)c1ccc2ccccc2c1. The number of carbonyl (C=O) groups is 4. The number of halogens is 3. The quantitative estimate of drug-likeness (QED) is 0.0619. The number of hydrogen-bond acceptors (Lipinski definition) is 8. The summed E-state index contributed by atoms with van der Waals surface area (Å²) >= 11 is 0. The molecule has 0 bridgehead atoms. The van der Waals surface area contributed by atoms with Crippen molar-refractivity contribution in [2.75, 3.05) is 27.9 Å². The Morgan fingerprint density at radius 3 is 0.878 bits per heavy atom. The number of fused-ring (bicyclic) bond motifs is 1. The van der Waals surface area contributed by atoms with E-state index in [0.717, 1.165) is 19.3 Å². The Balaban J connectivity index is -0.000000249. The van der Waals surface area contributed by atoms with Gasteiger partial charge in [-0.25, -0.2) is 0 Å². The number of benzene rings is 6. The largest absolute Gasteiger partial charge is 0.469 e. The van der Waals surface area contributed by atoms with Crippen LogP contribution in [-0.4, -0.2) is 58.0 Å². The smallest absolute Gasteiger partial charge is 0.422 e. The van der Waals surface area contributed by atoms with Crippen LogP contribution >= 0.6 is 0 Å². The summed E-state index contributed by atoms with van der Waals surface area (Å²) in [7, 11) is 4.23. The van der Waals surface area contributed by atoms with E-state index in [4.69, 9.17) is 0 Å². The standard InChI is InChI=1S/C16H18.C14H16.2C14H22.C7H11F3O2.3C6H12O2.4CH4/c1-3-13(2)14-9-11-16(12-10-14)15-7-5-4-6-8-15;1-3-11(2)13-9-8-12-6-4-5-7-14(12)10-13;2*1-6-11(2)12-7-9-13(10-8-12)14(3,4)5;1-3-5(2)6(11)12-4-7(8,9)10;3*1-4-5(2)6(7)8-3;;;;/h4-13H,3H2,1-2H3;4-11H,3H2,1-2H3;2*7-11H,6H2,1-5H3;5H,3-4H2,1-2H3;3*5H,4H2,1-3H3;4*1H4. The first-order valence-electron chi connectivity index (χ1n) is 34.4. The fourth-order valence-electron chi connectivity index (χ4n) is 8.28. The molecule has 558 valence electrons. The first-order valence-corrected chi connectivity index (χ1v) is 34.4. The molecule has 0 saturated heterocycles. The molecule has 0 saturated carbocycles. The van der Waals surface area contributed by atoms with Crippen molar-refractivity contribution in [3.8, 4) is 11.1 Å². The molecule has 6 aromatic carbocycles. The molecule has 0 heterocycles. The molecule has 0 amide bonds. The number of alkyl halides is 3. The van der Waals surface area contributed by atoms with E-state index in [-0.39, 0.29) is 76.2 Å². The van der Waals surface area contributed by atoms with Crippen molar-refractivity contribution >= 4 is 34.6 Å². The molecule has 6 rings (SSSR count). The van der Waals surface area contributed by atoms with Crippen LogP contribution in [0.5, 0.6) is 0 Å². The fraction of sp³-hybridized carbons (Fsp3) is 0.563. The van der Waals surface area contributed by atoms with E-state index in [2.05, 4.69) is 261 Å². The molecule has 98 heavy (non-hydrogen) atoms. The van der Waals surface area contributed by atoms with Gasteiger partial charge < -0.3 is 18.9 Å². The molecule has 8 unspecified atom stereocenters. The second-order valence-electron chi connectivity index (χ2n) is 26.6. The molecular weight excluding hydrogens is 1230 g/mol. The zero-order valence-corrected chi connectivity index (χ0v) is 62.7. The molecule has 0 aliphatic carbocycles. The van der Waals surface area contributed by atoms with Crippen molar-refractivity contribution < 1.29 is 51.3 Å². The third-order valence-corrected chi connectivity index (χ3v) is 17.1. The van der Waals surface area contributed by atoms with Crippen LogP contribution in [0.2, 0.25) is 0 Å². The van der Waals surface area contributed by atoms with Crippen molar-refractivity contribution in [2.24, 2.45) is 23.7 Å². The van der Waals surface area contributed by atoms with Crippen molar-refractivity contribution in [2.45, 2.75) is 274 Å². The Morgan fingerprint density at radius 2 is 0.602 bits per heavy atom. The minimum Gasteiger partial charge on any atom is -0.469 e. The number of esters is 4. The van der Waals surface area contributed by atoms with Crippen LogP contribution in [0.4, 0.5) is 13.2 Å². The monoisotopic (exact) mass is 1370 g/mol. The van der Waals surface area contributed by atoms with Crippen LogP contribution in [0.1, 0.15) is 290 Å². The second kappa shape index (κ2) is 55.1. The normalized spacial score (nSPS) is 12.8. The van der Waals surface area contributed by atoms with Crippen LogP contribution in [0, 0.1) is 23.7 Å². The number of methoxy groups -OCH3 is 3. The third-order valence-electron chi connectivity index (χ3n) is 17.1. The Kier molecular flexibility index (Phi) is 57.5. The third kappa shape index (κ3) is 42.9. The predicted octanol–water partition coefficient (Wildman–Crippen LogP) is 26.5. The Bertz CT molecular complexity index is 2820. The molecule has 8 atom stereocenters. The molecule has 0 aliphatic heterocycles. The molecule has 0 N–H and O–H groups in total. The van der Waals surface area contributed by atoms with Gasteiger partial charge in [-0.15, -0.1) is 0 Å². The highest BCUT2D eigenvalue weighted by Crippen LogP contribution is 2.29. The Morgan fingerprint density at radius 1 is 0.337 bits per heavy atom. The van der Waals surface area contributed by atoms with E-state index in [1.165, 1.54) is 109 Å². The van der Waals surface area contributed by atoms with Gasteiger partial charge >= 0.3 is 30.1 Å². The first kappa shape index (κ1) is 102. The lowest BCUT2D eigenvalue weighted by Crippen LogP contribution is -2.23. The van der Waals surface area contributed by atoms with E-state index in [1.807, 2.05) is 41.5 Å². The van der Waals surface area contributed by atoms with Gasteiger partial charge in [0, 0.05) is 0 Å². The van der Waals surface area contributed by atoms with Gasteiger partial charge in [0.15, 0.2) is 6.61 Å². The fourth-order valence-corrected chi connectivity index (χ4v) is 8.28. The average Bonchev–Trinajstić information content (AvgIpc) is 0.866. The lowest BCUT2D eigenvalue weighted by molar-refractivity contribution is -0.188. The van der Waals surface area contributed by atoms with Gasteiger partial charge in [-0.1, -0.05) is 328 Å². The van der Waals surface area contributed by atoms with Gasteiger partial charge in [0.1, 0.15) is 0 Å². The van der Waals surface area contributed by atoms with Crippen LogP contribution in [-0.2, 0) is 49.0 Å². The molecule has 0 radical (unpaired) electrons. The Hall–Kier alpha value is -6.75. The summed E-state index contributed by atoms with van der Waals surface area (Å²) in [5.74, 6) is 1.24. The maximum Gasteiger partial charge on any atom is 0.422 e. The van der Waals surface area contributed by atoms with Crippen LogP contribution in [0.15, 0.2) is 146 Å². The molecular formula is C87H141F3O8. The highest BCUT2D eigenvalue weighted by molar-refractivity contribution is 5.83. The van der Waals surface area contributed by atoms with Crippen molar-refractivity contribution in [1.29, 1.82) is 0 Å². The molecule has 0 spiro atoms. The maximum absolute atomic E-state index is 11.5. The summed E-state index contributed by atoms with van der Waals surface area (Å²) in [6.45, 7) is 44.8. The van der Waals surface area contributed by atoms with Crippen molar-refractivity contribution in [3.63, 3.8) is 0 Å². The average molecular weight is 1370 g/mol.